The molecule has 1 aliphatic carbocycles. The largest absolute Gasteiger partial charge is 0.347 e. The Morgan fingerprint density at radius 3 is 2.50 bits per heavy atom. The number of amides is 1. The first-order chi connectivity index (χ1) is 9.12. The standard InChI is InChI=1S/C12H14BrClN2O3S/c1-12(3-2-4-12)16-11(17)7-5-8(14)10(13)9(6-7)20(15,18)19/h5-6H,2-4H2,1H3,(H,16,17)(H2,15,18,19). The minimum Gasteiger partial charge on any atom is -0.347 e. The maximum atomic E-state index is 12.2. The van der Waals surface area contributed by atoms with E-state index in [1.54, 1.807) is 0 Å². The molecule has 5 nitrogen and oxygen atoms in total. The van der Waals surface area contributed by atoms with Crippen molar-refractivity contribution in [1.29, 1.82) is 0 Å². The van der Waals surface area contributed by atoms with E-state index in [1.807, 2.05) is 6.92 Å². The second-order valence-electron chi connectivity index (χ2n) is 5.18. The highest BCUT2D eigenvalue weighted by Crippen LogP contribution is 2.33. The van der Waals surface area contributed by atoms with Crippen molar-refractivity contribution in [2.45, 2.75) is 36.6 Å². The Bertz CT molecular complexity index is 672. The number of nitrogens with one attached hydrogen (secondary N) is 1. The zero-order chi connectivity index (χ0) is 15.1. The van der Waals surface area contributed by atoms with Gasteiger partial charge in [0.1, 0.15) is 0 Å². The summed E-state index contributed by atoms with van der Waals surface area (Å²) < 4.78 is 23.1. The van der Waals surface area contributed by atoms with Crippen LogP contribution in [0.3, 0.4) is 0 Å². The quantitative estimate of drug-likeness (QED) is 0.842. The molecule has 0 radical (unpaired) electrons. The Hall–Kier alpha value is -0.630. The van der Waals surface area contributed by atoms with Gasteiger partial charge in [0.05, 0.1) is 14.4 Å². The fourth-order valence-electron chi connectivity index (χ4n) is 2.08. The number of carbonyl (C=O) groups excluding carboxylic acids is 1. The van der Waals surface area contributed by atoms with Gasteiger partial charge in [0.2, 0.25) is 10.0 Å². The van der Waals surface area contributed by atoms with Gasteiger partial charge in [-0.1, -0.05) is 11.6 Å². The summed E-state index contributed by atoms with van der Waals surface area (Å²) in [6.45, 7) is 1.95. The van der Waals surface area contributed by atoms with Gasteiger partial charge in [0, 0.05) is 11.1 Å². The molecule has 0 aromatic heterocycles. The van der Waals surface area contributed by atoms with Crippen molar-refractivity contribution in [2.24, 2.45) is 5.14 Å². The van der Waals surface area contributed by atoms with E-state index in [4.69, 9.17) is 16.7 Å². The molecule has 1 aromatic rings. The molecule has 1 aromatic carbocycles. The van der Waals surface area contributed by atoms with Crippen molar-refractivity contribution in [3.05, 3.63) is 27.2 Å². The molecule has 0 saturated heterocycles. The first kappa shape index (κ1) is 15.8. The number of rotatable bonds is 3. The van der Waals surface area contributed by atoms with Crippen molar-refractivity contribution in [2.75, 3.05) is 0 Å². The van der Waals surface area contributed by atoms with Crippen LogP contribution in [0.5, 0.6) is 0 Å². The van der Waals surface area contributed by atoms with E-state index < -0.39 is 10.0 Å². The SMILES string of the molecule is CC1(NC(=O)c2cc(Cl)c(Br)c(S(N)(=O)=O)c2)CCC1. The van der Waals surface area contributed by atoms with E-state index in [0.29, 0.717) is 0 Å². The Balaban J connectivity index is 2.38. The second-order valence-corrected chi connectivity index (χ2v) is 7.91. The lowest BCUT2D eigenvalue weighted by Gasteiger charge is -2.39. The lowest BCUT2D eigenvalue weighted by atomic mass is 9.78. The van der Waals surface area contributed by atoms with Crippen LogP contribution in [0, 0.1) is 0 Å². The second kappa shape index (κ2) is 5.29. The molecule has 0 bridgehead atoms. The average Bonchev–Trinajstić information content (AvgIpc) is 2.28. The molecular formula is C12H14BrClN2O3S. The molecule has 0 unspecified atom stereocenters. The van der Waals surface area contributed by atoms with E-state index in [2.05, 4.69) is 21.2 Å². The molecule has 1 fully saturated rings. The molecule has 3 N–H and O–H groups in total. The van der Waals surface area contributed by atoms with Gasteiger partial charge in [-0.15, -0.1) is 0 Å². The van der Waals surface area contributed by atoms with Gasteiger partial charge < -0.3 is 5.32 Å². The van der Waals surface area contributed by atoms with E-state index in [9.17, 15) is 13.2 Å². The van der Waals surface area contributed by atoms with Crippen LogP contribution >= 0.6 is 27.5 Å². The van der Waals surface area contributed by atoms with Gasteiger partial charge in [-0.2, -0.15) is 0 Å². The number of primary sulfonamides is 1. The van der Waals surface area contributed by atoms with Crippen molar-refractivity contribution < 1.29 is 13.2 Å². The molecule has 0 aliphatic heterocycles. The highest BCUT2D eigenvalue weighted by molar-refractivity contribution is 9.10. The molecule has 8 heteroatoms. The Morgan fingerprint density at radius 2 is 2.05 bits per heavy atom. The molecule has 0 heterocycles. The smallest absolute Gasteiger partial charge is 0.251 e. The van der Waals surface area contributed by atoms with Gasteiger partial charge in [-0.05, 0) is 54.2 Å². The number of hydrogen-bond donors (Lipinski definition) is 2. The average molecular weight is 382 g/mol. The number of halogens is 2. The lowest BCUT2D eigenvalue weighted by molar-refractivity contribution is 0.0850. The summed E-state index contributed by atoms with van der Waals surface area (Å²) in [7, 11) is -3.96. The first-order valence-corrected chi connectivity index (χ1v) is 8.68. The minimum atomic E-state index is -3.96. The Labute approximate surface area is 131 Å². The Kier molecular flexibility index (Phi) is 4.17. The fourth-order valence-corrected chi connectivity index (χ4v) is 3.91. The van der Waals surface area contributed by atoms with Crippen LogP contribution in [-0.2, 0) is 10.0 Å². The van der Waals surface area contributed by atoms with Gasteiger partial charge in [0.25, 0.3) is 5.91 Å². The summed E-state index contributed by atoms with van der Waals surface area (Å²) >= 11 is 9.00. The highest BCUT2D eigenvalue weighted by atomic mass is 79.9. The Morgan fingerprint density at radius 1 is 1.45 bits per heavy atom. The van der Waals surface area contributed by atoms with E-state index >= 15 is 0 Å². The molecule has 2 rings (SSSR count). The third kappa shape index (κ3) is 3.16. The zero-order valence-electron chi connectivity index (χ0n) is 10.7. The van der Waals surface area contributed by atoms with E-state index in [0.717, 1.165) is 19.3 Å². The number of benzene rings is 1. The molecule has 0 atom stereocenters. The van der Waals surface area contributed by atoms with Crippen LogP contribution < -0.4 is 10.5 Å². The van der Waals surface area contributed by atoms with E-state index in [1.165, 1.54) is 12.1 Å². The van der Waals surface area contributed by atoms with Crippen LogP contribution in [0.2, 0.25) is 5.02 Å². The fraction of sp³-hybridized carbons (Fsp3) is 0.417. The highest BCUT2D eigenvalue weighted by Gasteiger charge is 2.33. The van der Waals surface area contributed by atoms with Crippen molar-refractivity contribution in [3.63, 3.8) is 0 Å². The summed E-state index contributed by atoms with van der Waals surface area (Å²) in [6.07, 6.45) is 2.89. The summed E-state index contributed by atoms with van der Waals surface area (Å²) in [5.74, 6) is -0.355. The van der Waals surface area contributed by atoms with Crippen molar-refractivity contribution in [3.8, 4) is 0 Å². The zero-order valence-corrected chi connectivity index (χ0v) is 13.9. The predicted molar refractivity (Wildman–Crippen MR) is 80.2 cm³/mol. The van der Waals surface area contributed by atoms with Gasteiger partial charge in [-0.25, -0.2) is 13.6 Å². The van der Waals surface area contributed by atoms with Gasteiger partial charge in [0.15, 0.2) is 0 Å². The molecule has 20 heavy (non-hydrogen) atoms. The molecule has 1 saturated carbocycles. The summed E-state index contributed by atoms with van der Waals surface area (Å²) in [5.41, 5.74) is -0.0476. The van der Waals surface area contributed by atoms with Crippen LogP contribution in [0.1, 0.15) is 36.5 Å². The summed E-state index contributed by atoms with van der Waals surface area (Å²) in [5, 5.41) is 8.12. The predicted octanol–water partition coefficient (Wildman–Crippen LogP) is 2.42. The van der Waals surface area contributed by atoms with Crippen LogP contribution in [-0.4, -0.2) is 19.9 Å². The topological polar surface area (TPSA) is 89.3 Å². The molecule has 1 aliphatic rings. The first-order valence-electron chi connectivity index (χ1n) is 5.97. The summed E-state index contributed by atoms with van der Waals surface area (Å²) in [4.78, 5) is 12.0. The summed E-state index contributed by atoms with van der Waals surface area (Å²) in [6, 6.07) is 2.64. The number of sulfonamides is 1. The minimum absolute atomic E-state index is 0.125. The molecule has 0 spiro atoms. The number of nitrogens with two attached hydrogens (primary N) is 1. The molecular weight excluding hydrogens is 368 g/mol. The lowest BCUT2D eigenvalue weighted by Crippen LogP contribution is -2.50. The normalized spacial score (nSPS) is 17.4. The molecule has 110 valence electrons. The number of carbonyl (C=O) groups is 1. The van der Waals surface area contributed by atoms with Crippen molar-refractivity contribution in [1.82, 2.24) is 5.32 Å². The maximum absolute atomic E-state index is 12.2. The third-order valence-electron chi connectivity index (χ3n) is 3.44. The van der Waals surface area contributed by atoms with Gasteiger partial charge >= 0.3 is 0 Å². The molecule has 1 amide bonds. The van der Waals surface area contributed by atoms with Gasteiger partial charge in [-0.3, -0.25) is 4.79 Å². The van der Waals surface area contributed by atoms with Crippen LogP contribution in [0.4, 0.5) is 0 Å². The number of hydrogen-bond acceptors (Lipinski definition) is 3. The third-order valence-corrected chi connectivity index (χ3v) is 6.01. The van der Waals surface area contributed by atoms with E-state index in [-0.39, 0.29) is 31.4 Å². The van der Waals surface area contributed by atoms with Crippen LogP contribution in [0.25, 0.3) is 0 Å². The maximum Gasteiger partial charge on any atom is 0.251 e. The van der Waals surface area contributed by atoms with Crippen LogP contribution in [0.15, 0.2) is 21.5 Å². The van der Waals surface area contributed by atoms with Crippen molar-refractivity contribution >= 4 is 43.5 Å². The monoisotopic (exact) mass is 380 g/mol.